The average Bonchev–Trinajstić information content (AvgIpc) is 3.11. The van der Waals surface area contributed by atoms with Crippen LogP contribution in [0.3, 0.4) is 0 Å². The van der Waals surface area contributed by atoms with Crippen LogP contribution in [0.5, 0.6) is 5.75 Å². The van der Waals surface area contributed by atoms with Crippen molar-refractivity contribution in [1.82, 2.24) is 14.5 Å². The van der Waals surface area contributed by atoms with Gasteiger partial charge in [-0.2, -0.15) is 0 Å². The quantitative estimate of drug-likeness (QED) is 0.473. The Morgan fingerprint density at radius 3 is 2.74 bits per heavy atom. The van der Waals surface area contributed by atoms with Crippen LogP contribution in [0.25, 0.3) is 27.8 Å². The van der Waals surface area contributed by atoms with Gasteiger partial charge in [-0.25, -0.2) is 9.97 Å². The third-order valence-electron chi connectivity index (χ3n) is 4.54. The lowest BCUT2D eigenvalue weighted by Gasteiger charge is -2.11. The molecule has 0 aliphatic rings. The molecule has 136 valence electrons. The summed E-state index contributed by atoms with van der Waals surface area (Å²) < 4.78 is 8.25. The van der Waals surface area contributed by atoms with Crippen molar-refractivity contribution in [1.29, 1.82) is 0 Å². The van der Waals surface area contributed by atoms with Gasteiger partial charge in [-0.05, 0) is 64.3 Å². The lowest BCUT2D eigenvalue weighted by molar-refractivity contribution is 0.199. The highest BCUT2D eigenvalue weighted by Crippen LogP contribution is 2.33. The number of aromatic nitrogens is 3. The van der Waals surface area contributed by atoms with Crippen molar-refractivity contribution in [2.75, 3.05) is 7.11 Å². The molecule has 1 atom stereocenters. The first-order valence-electron chi connectivity index (χ1n) is 8.52. The molecule has 0 amide bonds. The van der Waals surface area contributed by atoms with E-state index in [1.807, 2.05) is 47.0 Å². The normalized spacial score (nSPS) is 12.3. The van der Waals surface area contributed by atoms with Gasteiger partial charge in [0.25, 0.3) is 0 Å². The molecule has 0 saturated carbocycles. The fraction of sp³-hybridized carbons (Fsp3) is 0.143. The number of hydrogen-bond donors (Lipinski definition) is 1. The van der Waals surface area contributed by atoms with E-state index in [2.05, 4.69) is 32.0 Å². The Balaban J connectivity index is 1.82. The first kappa shape index (κ1) is 17.7. The SMILES string of the molecule is COc1cnc(Br)cc1-c1cccc(-n2cnc3cc([C@H](C)O)ccc32)c1. The van der Waals surface area contributed by atoms with Crippen molar-refractivity contribution in [3.8, 4) is 22.6 Å². The van der Waals surface area contributed by atoms with Gasteiger partial charge in [-0.3, -0.25) is 4.57 Å². The van der Waals surface area contributed by atoms with Crippen molar-refractivity contribution < 1.29 is 9.84 Å². The van der Waals surface area contributed by atoms with Gasteiger partial charge in [0.05, 0.1) is 30.4 Å². The highest BCUT2D eigenvalue weighted by Gasteiger charge is 2.11. The van der Waals surface area contributed by atoms with Gasteiger partial charge in [-0.1, -0.05) is 18.2 Å². The summed E-state index contributed by atoms with van der Waals surface area (Å²) in [7, 11) is 1.64. The average molecular weight is 424 g/mol. The minimum absolute atomic E-state index is 0.513. The number of imidazole rings is 1. The summed E-state index contributed by atoms with van der Waals surface area (Å²) in [6.45, 7) is 1.75. The molecule has 0 unspecified atom stereocenters. The van der Waals surface area contributed by atoms with Gasteiger partial charge in [0.15, 0.2) is 0 Å². The van der Waals surface area contributed by atoms with E-state index in [0.29, 0.717) is 5.75 Å². The standard InChI is InChI=1S/C21H18BrN3O2/c1-13(26)14-6-7-19-18(9-14)24-12-25(19)16-5-3-4-15(8-16)17-10-21(22)23-11-20(17)27-2/h3-13,26H,1-2H3/t13-/m0/s1. The molecule has 2 aromatic carbocycles. The summed E-state index contributed by atoms with van der Waals surface area (Å²) in [5.41, 5.74) is 5.67. The minimum Gasteiger partial charge on any atom is -0.494 e. The second-order valence-corrected chi connectivity index (χ2v) is 7.11. The van der Waals surface area contributed by atoms with Crippen molar-refractivity contribution >= 4 is 27.0 Å². The maximum atomic E-state index is 9.79. The lowest BCUT2D eigenvalue weighted by Crippen LogP contribution is -1.95. The molecular weight excluding hydrogens is 406 g/mol. The van der Waals surface area contributed by atoms with E-state index in [1.165, 1.54) is 0 Å². The molecule has 0 fully saturated rings. The zero-order valence-electron chi connectivity index (χ0n) is 14.9. The Morgan fingerprint density at radius 2 is 1.96 bits per heavy atom. The van der Waals surface area contributed by atoms with Crippen LogP contribution in [-0.2, 0) is 0 Å². The Hall–Kier alpha value is -2.70. The van der Waals surface area contributed by atoms with E-state index in [-0.39, 0.29) is 0 Å². The van der Waals surface area contributed by atoms with Gasteiger partial charge in [0, 0.05) is 11.3 Å². The van der Waals surface area contributed by atoms with Crippen molar-refractivity contribution in [2.45, 2.75) is 13.0 Å². The molecule has 0 radical (unpaired) electrons. The molecule has 4 rings (SSSR count). The van der Waals surface area contributed by atoms with E-state index in [4.69, 9.17) is 4.74 Å². The van der Waals surface area contributed by atoms with Crippen LogP contribution in [0.4, 0.5) is 0 Å². The van der Waals surface area contributed by atoms with Gasteiger partial charge in [-0.15, -0.1) is 0 Å². The number of halogens is 1. The Morgan fingerprint density at radius 1 is 1.11 bits per heavy atom. The van der Waals surface area contributed by atoms with Crippen LogP contribution >= 0.6 is 15.9 Å². The van der Waals surface area contributed by atoms with E-state index < -0.39 is 6.10 Å². The first-order valence-corrected chi connectivity index (χ1v) is 9.31. The van der Waals surface area contributed by atoms with Crippen molar-refractivity contribution in [3.63, 3.8) is 0 Å². The molecule has 2 heterocycles. The molecule has 4 aromatic rings. The van der Waals surface area contributed by atoms with Crippen LogP contribution in [0.2, 0.25) is 0 Å². The van der Waals surface area contributed by atoms with Crippen molar-refractivity contribution in [2.24, 2.45) is 0 Å². The number of pyridine rings is 1. The largest absolute Gasteiger partial charge is 0.494 e. The topological polar surface area (TPSA) is 60.2 Å². The number of hydrogen-bond acceptors (Lipinski definition) is 4. The highest BCUT2D eigenvalue weighted by molar-refractivity contribution is 9.10. The summed E-state index contributed by atoms with van der Waals surface area (Å²) in [5.74, 6) is 0.715. The number of benzene rings is 2. The van der Waals surface area contributed by atoms with Crippen LogP contribution in [0.15, 0.2) is 65.7 Å². The number of nitrogens with zero attached hydrogens (tertiary/aromatic N) is 3. The summed E-state index contributed by atoms with van der Waals surface area (Å²) in [6, 6.07) is 16.0. The predicted molar refractivity (Wildman–Crippen MR) is 109 cm³/mol. The Kier molecular flexibility index (Phi) is 4.68. The molecule has 5 nitrogen and oxygen atoms in total. The third-order valence-corrected chi connectivity index (χ3v) is 4.98. The number of ether oxygens (including phenoxy) is 1. The number of methoxy groups -OCH3 is 1. The molecule has 0 aliphatic carbocycles. The van der Waals surface area contributed by atoms with E-state index >= 15 is 0 Å². The molecule has 27 heavy (non-hydrogen) atoms. The van der Waals surface area contributed by atoms with Crippen molar-refractivity contribution in [3.05, 3.63) is 71.2 Å². The van der Waals surface area contributed by atoms with Crippen LogP contribution in [0.1, 0.15) is 18.6 Å². The molecule has 1 N–H and O–H groups in total. The molecular formula is C21H18BrN3O2. The zero-order valence-corrected chi connectivity index (χ0v) is 16.5. The predicted octanol–water partition coefficient (Wildman–Crippen LogP) is 4.91. The summed E-state index contributed by atoms with van der Waals surface area (Å²) in [6.07, 6.45) is 2.99. The molecule has 6 heteroatoms. The van der Waals surface area contributed by atoms with Gasteiger partial charge in [0.1, 0.15) is 16.7 Å². The van der Waals surface area contributed by atoms with Gasteiger partial charge in [0.2, 0.25) is 0 Å². The number of fused-ring (bicyclic) bond motifs is 1. The van der Waals surface area contributed by atoms with E-state index in [0.717, 1.165) is 38.0 Å². The summed E-state index contributed by atoms with van der Waals surface area (Å²) in [4.78, 5) is 8.73. The molecule has 0 spiro atoms. The summed E-state index contributed by atoms with van der Waals surface area (Å²) >= 11 is 3.43. The van der Waals surface area contributed by atoms with E-state index in [1.54, 1.807) is 26.6 Å². The van der Waals surface area contributed by atoms with Gasteiger partial charge < -0.3 is 9.84 Å². The van der Waals surface area contributed by atoms with E-state index in [9.17, 15) is 5.11 Å². The fourth-order valence-corrected chi connectivity index (χ4v) is 3.46. The third kappa shape index (κ3) is 3.34. The molecule has 0 saturated heterocycles. The number of rotatable bonds is 4. The Labute approximate surface area is 165 Å². The van der Waals surface area contributed by atoms with Crippen LogP contribution < -0.4 is 4.74 Å². The summed E-state index contributed by atoms with van der Waals surface area (Å²) in [5, 5.41) is 9.79. The van der Waals surface area contributed by atoms with Crippen LogP contribution in [-0.4, -0.2) is 26.8 Å². The highest BCUT2D eigenvalue weighted by atomic mass is 79.9. The monoisotopic (exact) mass is 423 g/mol. The second-order valence-electron chi connectivity index (χ2n) is 6.30. The molecule has 2 aromatic heterocycles. The van der Waals surface area contributed by atoms with Gasteiger partial charge >= 0.3 is 0 Å². The number of aliphatic hydroxyl groups excluding tert-OH is 1. The molecule has 0 aliphatic heterocycles. The van der Waals surface area contributed by atoms with Crippen LogP contribution in [0, 0.1) is 0 Å². The molecule has 0 bridgehead atoms. The maximum absolute atomic E-state index is 9.79. The fourth-order valence-electron chi connectivity index (χ4n) is 3.12. The Bertz CT molecular complexity index is 1120. The smallest absolute Gasteiger partial charge is 0.145 e. The zero-order chi connectivity index (χ0) is 19.0. The first-order chi connectivity index (χ1) is 13.1. The maximum Gasteiger partial charge on any atom is 0.145 e. The number of aliphatic hydroxyl groups is 1. The minimum atomic E-state index is -0.513. The lowest BCUT2D eigenvalue weighted by atomic mass is 10.1. The second kappa shape index (κ2) is 7.13.